The van der Waals surface area contributed by atoms with Gasteiger partial charge >= 0.3 is 5.97 Å². The molecule has 0 amide bonds. The van der Waals surface area contributed by atoms with E-state index in [9.17, 15) is 9.90 Å². The Balaban J connectivity index is 1.22. The van der Waals surface area contributed by atoms with E-state index in [1.54, 1.807) is 0 Å². The van der Waals surface area contributed by atoms with Crippen LogP contribution in [0.1, 0.15) is 53.9 Å². The number of ether oxygens (including phenoxy) is 1. The van der Waals surface area contributed by atoms with Crippen LogP contribution in [0.2, 0.25) is 0 Å². The lowest BCUT2D eigenvalue weighted by molar-refractivity contribution is -0.139. The Bertz CT molecular complexity index is 1540. The summed E-state index contributed by atoms with van der Waals surface area (Å²) in [7, 11) is 0. The lowest BCUT2D eigenvalue weighted by Gasteiger charge is -2.14. The summed E-state index contributed by atoms with van der Waals surface area (Å²) in [5.41, 5.74) is 8.25. The number of aliphatic carboxylic acids is 1. The summed E-state index contributed by atoms with van der Waals surface area (Å²) < 4.78 is 8.51. The molecule has 0 radical (unpaired) electrons. The Hall–Kier alpha value is -3.84. The molecule has 7 rings (SSSR count). The second kappa shape index (κ2) is 7.33. The number of allylic oxidation sites excluding steroid dienone is 2. The molecule has 3 aliphatic rings. The molecule has 1 N–H and O–H groups in total. The number of carboxylic acids is 1. The number of carbonyl (C=O) groups is 1. The smallest absolute Gasteiger partial charge is 0.307 e. The van der Waals surface area contributed by atoms with Crippen molar-refractivity contribution in [2.45, 2.75) is 32.5 Å². The molecule has 0 spiro atoms. The number of imidazole rings is 1. The van der Waals surface area contributed by atoms with Crippen molar-refractivity contribution >= 4 is 17.2 Å². The number of rotatable bonds is 4. The van der Waals surface area contributed by atoms with Gasteiger partial charge in [-0.2, -0.15) is 0 Å². The standard InChI is InChI=1S/C28H24N4O3/c1-14-25(26-20-6-4-3-5-19(20)15(2)35-26)32-13-16(7-8-23(32)31-14)18-11-29-27(30-12-18)17-9-21-22(10-17)24(21)28(33)34/h3-9,11-13,15,21-22,24,26H,10H2,1-2H3,(H,33,34)/t15-,21+,22-,24-,26-/m0/s1. The van der Waals surface area contributed by atoms with E-state index in [-0.39, 0.29) is 30.0 Å². The largest absolute Gasteiger partial charge is 0.481 e. The van der Waals surface area contributed by atoms with Crippen LogP contribution in [0.4, 0.5) is 0 Å². The second-order valence-electron chi connectivity index (χ2n) is 9.81. The number of nitrogens with zero attached hydrogens (tertiary/aromatic N) is 4. The van der Waals surface area contributed by atoms with Gasteiger partial charge in [-0.25, -0.2) is 15.0 Å². The molecule has 2 aliphatic carbocycles. The van der Waals surface area contributed by atoms with E-state index in [1.165, 1.54) is 11.1 Å². The van der Waals surface area contributed by atoms with Gasteiger partial charge in [0.05, 0.1) is 23.4 Å². The maximum absolute atomic E-state index is 11.2. The highest BCUT2D eigenvalue weighted by Crippen LogP contribution is 2.57. The van der Waals surface area contributed by atoms with Crippen molar-refractivity contribution in [2.75, 3.05) is 0 Å². The van der Waals surface area contributed by atoms with Crippen molar-refractivity contribution in [3.8, 4) is 11.1 Å². The van der Waals surface area contributed by atoms with Crippen LogP contribution in [0.15, 0.2) is 61.1 Å². The Morgan fingerprint density at radius 2 is 1.86 bits per heavy atom. The van der Waals surface area contributed by atoms with Gasteiger partial charge in [0.15, 0.2) is 5.82 Å². The van der Waals surface area contributed by atoms with Crippen LogP contribution in [-0.4, -0.2) is 30.4 Å². The van der Waals surface area contributed by atoms with Gasteiger partial charge in [0.25, 0.3) is 0 Å². The van der Waals surface area contributed by atoms with E-state index in [1.807, 2.05) is 37.5 Å². The molecule has 1 fully saturated rings. The summed E-state index contributed by atoms with van der Waals surface area (Å²) >= 11 is 0. The first kappa shape index (κ1) is 20.5. The lowest BCUT2D eigenvalue weighted by Crippen LogP contribution is -2.05. The third-order valence-electron chi connectivity index (χ3n) is 7.78. The Labute approximate surface area is 202 Å². The molecular formula is C28H24N4O3. The van der Waals surface area contributed by atoms with Crippen molar-refractivity contribution in [1.82, 2.24) is 19.4 Å². The fourth-order valence-corrected chi connectivity index (χ4v) is 5.95. The highest BCUT2D eigenvalue weighted by atomic mass is 16.5. The first-order valence-electron chi connectivity index (χ1n) is 12.0. The molecule has 0 bridgehead atoms. The number of carboxylic acid groups (broad SMARTS) is 1. The zero-order valence-electron chi connectivity index (χ0n) is 19.4. The van der Waals surface area contributed by atoms with Crippen LogP contribution < -0.4 is 0 Å². The highest BCUT2D eigenvalue weighted by Gasteiger charge is 2.57. The van der Waals surface area contributed by atoms with Gasteiger partial charge in [-0.3, -0.25) is 4.79 Å². The molecule has 5 atom stereocenters. The zero-order chi connectivity index (χ0) is 23.8. The maximum Gasteiger partial charge on any atom is 0.307 e. The SMILES string of the molecule is Cc1nc2ccc(-c3cnc(C4=C[C@@H]5[C@H](C4)[C@H]5C(=O)O)nc3)cn2c1[C@H]1O[C@@H](C)c2ccccc21. The van der Waals surface area contributed by atoms with Gasteiger partial charge in [-0.1, -0.05) is 30.3 Å². The number of pyridine rings is 1. The van der Waals surface area contributed by atoms with Crippen molar-refractivity contribution in [2.24, 2.45) is 17.8 Å². The monoisotopic (exact) mass is 464 g/mol. The number of fused-ring (bicyclic) bond motifs is 3. The molecule has 4 aromatic rings. The van der Waals surface area contributed by atoms with Crippen LogP contribution in [0.25, 0.3) is 22.3 Å². The minimum absolute atomic E-state index is 0.0342. The predicted octanol–water partition coefficient (Wildman–Crippen LogP) is 5.01. The summed E-state index contributed by atoms with van der Waals surface area (Å²) in [6.07, 6.45) is 8.43. The summed E-state index contributed by atoms with van der Waals surface area (Å²) in [4.78, 5) is 25.2. The maximum atomic E-state index is 11.2. The molecule has 1 aliphatic heterocycles. The Kier molecular flexibility index (Phi) is 4.30. The van der Waals surface area contributed by atoms with Crippen molar-refractivity contribution in [1.29, 1.82) is 0 Å². The average Bonchev–Trinajstić information content (AvgIpc) is 3.12. The Morgan fingerprint density at radius 1 is 1.09 bits per heavy atom. The first-order valence-corrected chi connectivity index (χ1v) is 12.0. The van der Waals surface area contributed by atoms with Crippen molar-refractivity contribution in [3.05, 3.63) is 89.4 Å². The molecule has 4 heterocycles. The van der Waals surface area contributed by atoms with Crippen LogP contribution in [0.5, 0.6) is 0 Å². The number of aryl methyl sites for hydroxylation is 1. The molecule has 7 nitrogen and oxygen atoms in total. The van der Waals surface area contributed by atoms with E-state index in [0.29, 0.717) is 5.82 Å². The summed E-state index contributed by atoms with van der Waals surface area (Å²) in [5, 5.41) is 9.23. The zero-order valence-corrected chi connectivity index (χ0v) is 19.4. The molecule has 174 valence electrons. The van der Waals surface area contributed by atoms with Gasteiger partial charge < -0.3 is 14.2 Å². The summed E-state index contributed by atoms with van der Waals surface area (Å²) in [6.45, 7) is 4.12. The number of hydrogen-bond acceptors (Lipinski definition) is 5. The molecule has 0 saturated heterocycles. The normalized spacial score (nSPS) is 26.5. The number of aromatic nitrogens is 4. The van der Waals surface area contributed by atoms with E-state index in [2.05, 4.69) is 51.8 Å². The summed E-state index contributed by atoms with van der Waals surface area (Å²) in [5.74, 6) is 0.118. The molecule has 3 aromatic heterocycles. The third kappa shape index (κ3) is 3.08. The van der Waals surface area contributed by atoms with Crippen molar-refractivity contribution in [3.63, 3.8) is 0 Å². The average molecular weight is 465 g/mol. The number of hydrogen-bond donors (Lipinski definition) is 1. The third-order valence-corrected chi connectivity index (χ3v) is 7.78. The molecule has 0 unspecified atom stereocenters. The van der Waals surface area contributed by atoms with E-state index in [4.69, 9.17) is 9.72 Å². The van der Waals surface area contributed by atoms with Crippen LogP contribution in [-0.2, 0) is 9.53 Å². The number of benzene rings is 1. The highest BCUT2D eigenvalue weighted by molar-refractivity contribution is 5.79. The van der Waals surface area contributed by atoms with Gasteiger partial charge in [-0.05, 0) is 60.9 Å². The van der Waals surface area contributed by atoms with Gasteiger partial charge in [0.1, 0.15) is 11.8 Å². The molecule has 1 saturated carbocycles. The minimum atomic E-state index is -0.697. The van der Waals surface area contributed by atoms with E-state index >= 15 is 0 Å². The molecule has 7 heteroatoms. The quantitative estimate of drug-likeness (QED) is 0.456. The van der Waals surface area contributed by atoms with Gasteiger partial charge in [-0.15, -0.1) is 0 Å². The molecule has 1 aromatic carbocycles. The van der Waals surface area contributed by atoms with Crippen molar-refractivity contribution < 1.29 is 14.6 Å². The Morgan fingerprint density at radius 3 is 2.57 bits per heavy atom. The lowest BCUT2D eigenvalue weighted by atomic mass is 10.00. The topological polar surface area (TPSA) is 89.6 Å². The summed E-state index contributed by atoms with van der Waals surface area (Å²) in [6, 6.07) is 12.4. The van der Waals surface area contributed by atoms with Gasteiger partial charge in [0.2, 0.25) is 0 Å². The fraction of sp³-hybridized carbons (Fsp3) is 0.286. The van der Waals surface area contributed by atoms with Crippen LogP contribution >= 0.6 is 0 Å². The second-order valence-corrected chi connectivity index (χ2v) is 9.81. The molecular weight excluding hydrogens is 440 g/mol. The van der Waals surface area contributed by atoms with Gasteiger partial charge in [0, 0.05) is 29.7 Å². The van der Waals surface area contributed by atoms with E-state index in [0.717, 1.165) is 40.2 Å². The first-order chi connectivity index (χ1) is 17.0. The minimum Gasteiger partial charge on any atom is -0.481 e. The van der Waals surface area contributed by atoms with Crippen LogP contribution in [0.3, 0.4) is 0 Å². The van der Waals surface area contributed by atoms with Crippen LogP contribution in [0, 0.1) is 24.7 Å². The molecule has 35 heavy (non-hydrogen) atoms. The van der Waals surface area contributed by atoms with E-state index < -0.39 is 5.97 Å². The fourth-order valence-electron chi connectivity index (χ4n) is 5.95. The predicted molar refractivity (Wildman–Crippen MR) is 129 cm³/mol.